The monoisotopic (exact) mass is 303 g/mol. The topological polar surface area (TPSA) is 12.0 Å². The van der Waals surface area contributed by atoms with Gasteiger partial charge in [0.1, 0.15) is 0 Å². The van der Waals surface area contributed by atoms with Gasteiger partial charge in [-0.3, -0.25) is 0 Å². The molecule has 0 radical (unpaired) electrons. The molecule has 0 spiro atoms. The van der Waals surface area contributed by atoms with Crippen molar-refractivity contribution in [1.29, 1.82) is 0 Å². The van der Waals surface area contributed by atoms with Gasteiger partial charge in [-0.15, -0.1) is 11.8 Å². The van der Waals surface area contributed by atoms with Crippen LogP contribution in [-0.4, -0.2) is 17.8 Å². The first-order valence-electron chi connectivity index (χ1n) is 8.44. The summed E-state index contributed by atoms with van der Waals surface area (Å²) >= 11 is 2.06. The number of benzene rings is 1. The van der Waals surface area contributed by atoms with E-state index in [0.29, 0.717) is 5.41 Å². The highest BCUT2D eigenvalue weighted by Gasteiger charge is 2.38. The molecule has 1 unspecified atom stereocenters. The third kappa shape index (κ3) is 3.65. The fourth-order valence-electron chi connectivity index (χ4n) is 3.95. The molecule has 2 aliphatic rings. The van der Waals surface area contributed by atoms with Gasteiger partial charge in [0.05, 0.1) is 0 Å². The standard InChI is InChI=1S/C19H29NS/c1-18(2,3)20-14-19(10-6-7-11-19)12-15-13-21-17-9-5-4-8-16(15)17/h4-5,8-9,15,20H,6-7,10-14H2,1-3H3. The molecule has 1 aromatic carbocycles. The average molecular weight is 304 g/mol. The van der Waals surface area contributed by atoms with Gasteiger partial charge in [-0.2, -0.15) is 0 Å². The van der Waals surface area contributed by atoms with Crippen LogP contribution in [0.15, 0.2) is 29.2 Å². The van der Waals surface area contributed by atoms with Crippen LogP contribution >= 0.6 is 11.8 Å². The van der Waals surface area contributed by atoms with Crippen LogP contribution in [0, 0.1) is 5.41 Å². The average Bonchev–Trinajstić information content (AvgIpc) is 3.05. The Morgan fingerprint density at radius 2 is 1.90 bits per heavy atom. The van der Waals surface area contributed by atoms with Crippen LogP contribution in [-0.2, 0) is 0 Å². The van der Waals surface area contributed by atoms with Crippen LogP contribution < -0.4 is 5.32 Å². The zero-order valence-corrected chi connectivity index (χ0v) is 14.6. The highest BCUT2D eigenvalue weighted by molar-refractivity contribution is 7.99. The zero-order chi connectivity index (χ0) is 14.9. The van der Waals surface area contributed by atoms with E-state index >= 15 is 0 Å². The summed E-state index contributed by atoms with van der Waals surface area (Å²) in [7, 11) is 0. The molecule has 0 bridgehead atoms. The molecule has 1 fully saturated rings. The summed E-state index contributed by atoms with van der Waals surface area (Å²) in [6, 6.07) is 9.06. The largest absolute Gasteiger partial charge is 0.312 e. The Bertz CT molecular complexity index is 483. The summed E-state index contributed by atoms with van der Waals surface area (Å²) in [5.74, 6) is 2.06. The molecule has 1 N–H and O–H groups in total. The molecule has 0 amide bonds. The Kier molecular flexibility index (Phi) is 4.38. The summed E-state index contributed by atoms with van der Waals surface area (Å²) in [6.07, 6.45) is 7.06. The van der Waals surface area contributed by atoms with Gasteiger partial charge < -0.3 is 5.32 Å². The molecule has 1 nitrogen and oxygen atoms in total. The Labute approximate surface area is 134 Å². The van der Waals surface area contributed by atoms with Crippen molar-refractivity contribution in [1.82, 2.24) is 5.32 Å². The van der Waals surface area contributed by atoms with E-state index in [-0.39, 0.29) is 5.54 Å². The minimum Gasteiger partial charge on any atom is -0.312 e. The van der Waals surface area contributed by atoms with Crippen molar-refractivity contribution in [2.45, 2.75) is 69.2 Å². The second kappa shape index (κ2) is 5.96. The first kappa shape index (κ1) is 15.4. The molecule has 3 rings (SSSR count). The minimum absolute atomic E-state index is 0.234. The summed E-state index contributed by atoms with van der Waals surface area (Å²) in [5, 5.41) is 3.80. The van der Waals surface area contributed by atoms with E-state index in [1.165, 1.54) is 49.3 Å². The highest BCUT2D eigenvalue weighted by Crippen LogP contribution is 2.50. The Morgan fingerprint density at radius 1 is 1.19 bits per heavy atom. The van der Waals surface area contributed by atoms with Crippen LogP contribution in [0.3, 0.4) is 0 Å². The Hall–Kier alpha value is -0.470. The molecule has 1 aromatic rings. The van der Waals surface area contributed by atoms with E-state index in [4.69, 9.17) is 0 Å². The number of thioether (sulfide) groups is 1. The van der Waals surface area contributed by atoms with Crippen molar-refractivity contribution in [3.8, 4) is 0 Å². The van der Waals surface area contributed by atoms with Gasteiger partial charge in [-0.1, -0.05) is 31.0 Å². The van der Waals surface area contributed by atoms with Crippen molar-refractivity contribution in [3.63, 3.8) is 0 Å². The maximum absolute atomic E-state index is 3.80. The first-order valence-corrected chi connectivity index (χ1v) is 9.43. The molecular weight excluding hydrogens is 274 g/mol. The molecule has 1 atom stereocenters. The van der Waals surface area contributed by atoms with Gasteiger partial charge in [0.2, 0.25) is 0 Å². The summed E-state index contributed by atoms with van der Waals surface area (Å²) < 4.78 is 0. The second-order valence-electron chi connectivity index (χ2n) is 8.06. The number of fused-ring (bicyclic) bond motifs is 1. The molecule has 0 saturated heterocycles. The van der Waals surface area contributed by atoms with Crippen LogP contribution in [0.25, 0.3) is 0 Å². The molecule has 0 aromatic heterocycles. The third-order valence-electron chi connectivity index (χ3n) is 5.14. The Morgan fingerprint density at radius 3 is 2.62 bits per heavy atom. The summed E-state index contributed by atoms with van der Waals surface area (Å²) in [6.45, 7) is 8.06. The lowest BCUT2D eigenvalue weighted by molar-refractivity contribution is 0.217. The van der Waals surface area contributed by atoms with Crippen molar-refractivity contribution in [3.05, 3.63) is 29.8 Å². The molecule has 21 heavy (non-hydrogen) atoms. The molecule has 1 saturated carbocycles. The lowest BCUT2D eigenvalue weighted by Gasteiger charge is -2.35. The lowest BCUT2D eigenvalue weighted by atomic mass is 9.76. The van der Waals surface area contributed by atoms with E-state index in [1.54, 1.807) is 5.56 Å². The molecular formula is C19H29NS. The zero-order valence-electron chi connectivity index (χ0n) is 13.7. The summed E-state index contributed by atoms with van der Waals surface area (Å²) in [5.41, 5.74) is 2.39. The minimum atomic E-state index is 0.234. The maximum atomic E-state index is 3.80. The predicted octanol–water partition coefficient (Wildman–Crippen LogP) is 5.21. The van der Waals surface area contributed by atoms with Crippen LogP contribution in [0.4, 0.5) is 0 Å². The molecule has 1 aliphatic heterocycles. The van der Waals surface area contributed by atoms with E-state index < -0.39 is 0 Å². The van der Waals surface area contributed by atoms with Gasteiger partial charge in [0.25, 0.3) is 0 Å². The predicted molar refractivity (Wildman–Crippen MR) is 93.2 cm³/mol. The van der Waals surface area contributed by atoms with Crippen LogP contribution in [0.1, 0.15) is 64.4 Å². The fraction of sp³-hybridized carbons (Fsp3) is 0.684. The van der Waals surface area contributed by atoms with Crippen molar-refractivity contribution >= 4 is 11.8 Å². The van der Waals surface area contributed by atoms with Crippen LogP contribution in [0.2, 0.25) is 0 Å². The van der Waals surface area contributed by atoms with Gasteiger partial charge in [0, 0.05) is 22.7 Å². The molecule has 116 valence electrons. The van der Waals surface area contributed by atoms with Gasteiger partial charge in [0.15, 0.2) is 0 Å². The fourth-order valence-corrected chi connectivity index (χ4v) is 5.21. The molecule has 2 heteroatoms. The van der Waals surface area contributed by atoms with Crippen molar-refractivity contribution in [2.24, 2.45) is 5.41 Å². The van der Waals surface area contributed by atoms with Gasteiger partial charge in [-0.05, 0) is 63.0 Å². The highest BCUT2D eigenvalue weighted by atomic mass is 32.2. The lowest BCUT2D eigenvalue weighted by Crippen LogP contribution is -2.43. The smallest absolute Gasteiger partial charge is 0.0107 e. The van der Waals surface area contributed by atoms with Gasteiger partial charge >= 0.3 is 0 Å². The summed E-state index contributed by atoms with van der Waals surface area (Å²) in [4.78, 5) is 1.53. The third-order valence-corrected chi connectivity index (χ3v) is 6.39. The first-order chi connectivity index (χ1) is 9.98. The number of nitrogens with one attached hydrogen (secondary N) is 1. The number of rotatable bonds is 4. The van der Waals surface area contributed by atoms with E-state index in [0.717, 1.165) is 5.92 Å². The number of hydrogen-bond donors (Lipinski definition) is 1. The normalized spacial score (nSPS) is 24.2. The van der Waals surface area contributed by atoms with Crippen molar-refractivity contribution < 1.29 is 0 Å². The Balaban J connectivity index is 1.71. The molecule has 1 aliphatic carbocycles. The van der Waals surface area contributed by atoms with E-state index in [2.05, 4.69) is 62.1 Å². The number of hydrogen-bond acceptors (Lipinski definition) is 2. The van der Waals surface area contributed by atoms with Crippen molar-refractivity contribution in [2.75, 3.05) is 12.3 Å². The van der Waals surface area contributed by atoms with E-state index in [1.807, 2.05) is 0 Å². The second-order valence-corrected chi connectivity index (χ2v) is 9.12. The maximum Gasteiger partial charge on any atom is 0.0107 e. The SMILES string of the molecule is CC(C)(C)NCC1(CC2CSc3ccccc32)CCCC1. The van der Waals surface area contributed by atoms with Crippen LogP contribution in [0.5, 0.6) is 0 Å². The van der Waals surface area contributed by atoms with E-state index in [9.17, 15) is 0 Å². The molecule has 1 heterocycles. The quantitative estimate of drug-likeness (QED) is 0.819. The van der Waals surface area contributed by atoms with Gasteiger partial charge in [-0.25, -0.2) is 0 Å².